The van der Waals surface area contributed by atoms with Gasteiger partial charge in [0, 0.05) is 11.3 Å². The Morgan fingerprint density at radius 3 is 2.13 bits per heavy atom. The van der Waals surface area contributed by atoms with E-state index in [0.29, 0.717) is 5.69 Å². The Kier molecular flexibility index (Phi) is 4.28. The summed E-state index contributed by atoms with van der Waals surface area (Å²) in [4.78, 5) is 39.4. The quantitative estimate of drug-likeness (QED) is 0.589. The van der Waals surface area contributed by atoms with E-state index in [9.17, 15) is 27.6 Å². The number of halogens is 3. The Morgan fingerprint density at radius 2 is 1.55 bits per heavy atom. The van der Waals surface area contributed by atoms with Crippen molar-refractivity contribution in [1.82, 2.24) is 0 Å². The van der Waals surface area contributed by atoms with Crippen molar-refractivity contribution in [2.75, 3.05) is 10.2 Å². The van der Waals surface area contributed by atoms with Crippen LogP contribution in [0, 0.1) is 23.7 Å². The molecule has 2 aliphatic carbocycles. The predicted molar refractivity (Wildman–Crippen MR) is 106 cm³/mol. The molecule has 8 heteroatoms. The van der Waals surface area contributed by atoms with Crippen molar-refractivity contribution < 1.29 is 27.6 Å². The lowest BCUT2D eigenvalue weighted by Crippen LogP contribution is -2.32. The molecule has 2 bridgehead atoms. The molecule has 2 fully saturated rings. The van der Waals surface area contributed by atoms with E-state index in [1.165, 1.54) is 41.3 Å². The molecule has 0 unspecified atom stereocenters. The molecule has 3 aliphatic rings. The Bertz CT molecular complexity index is 1090. The normalized spacial score (nSPS) is 26.5. The zero-order chi connectivity index (χ0) is 21.9. The first kappa shape index (κ1) is 19.5. The van der Waals surface area contributed by atoms with Gasteiger partial charge in [0.05, 0.1) is 23.1 Å². The largest absolute Gasteiger partial charge is 0.416 e. The topological polar surface area (TPSA) is 66.5 Å². The predicted octanol–water partition coefficient (Wildman–Crippen LogP) is 4.27. The molecule has 1 saturated carbocycles. The minimum Gasteiger partial charge on any atom is -0.322 e. The van der Waals surface area contributed by atoms with Crippen LogP contribution in [-0.4, -0.2) is 17.7 Å². The van der Waals surface area contributed by atoms with E-state index >= 15 is 0 Å². The van der Waals surface area contributed by atoms with Crippen LogP contribution in [0.25, 0.3) is 0 Å². The minimum absolute atomic E-state index is 0.0181. The number of hydrogen-bond acceptors (Lipinski definition) is 3. The van der Waals surface area contributed by atoms with Gasteiger partial charge in [0.25, 0.3) is 5.91 Å². The first-order valence-electron chi connectivity index (χ1n) is 9.89. The zero-order valence-corrected chi connectivity index (χ0v) is 16.1. The number of amides is 3. The van der Waals surface area contributed by atoms with E-state index in [1.807, 2.05) is 12.2 Å². The molecule has 1 aliphatic heterocycles. The molecule has 0 aromatic heterocycles. The van der Waals surface area contributed by atoms with Crippen LogP contribution in [0.4, 0.5) is 24.5 Å². The summed E-state index contributed by atoms with van der Waals surface area (Å²) in [6.45, 7) is 0. The summed E-state index contributed by atoms with van der Waals surface area (Å²) in [7, 11) is 0. The molecule has 0 spiro atoms. The first-order chi connectivity index (χ1) is 14.7. The molecule has 3 amide bonds. The van der Waals surface area contributed by atoms with Gasteiger partial charge in [0.1, 0.15) is 0 Å². The second kappa shape index (κ2) is 6.80. The molecule has 2 aromatic rings. The third-order valence-electron chi connectivity index (χ3n) is 6.31. The molecular formula is C23H17F3N2O3. The number of fused-ring (bicyclic) bond motifs is 5. The molecule has 1 heterocycles. The van der Waals surface area contributed by atoms with Crippen LogP contribution in [0.1, 0.15) is 22.3 Å². The summed E-state index contributed by atoms with van der Waals surface area (Å²) < 4.78 is 38.5. The molecule has 2 aromatic carbocycles. The number of anilines is 2. The lowest BCUT2D eigenvalue weighted by Gasteiger charge is -2.17. The van der Waals surface area contributed by atoms with Gasteiger partial charge in [0.2, 0.25) is 11.8 Å². The molecule has 0 radical (unpaired) electrons. The maximum absolute atomic E-state index is 12.9. The van der Waals surface area contributed by atoms with Gasteiger partial charge in [-0.2, -0.15) is 13.2 Å². The zero-order valence-electron chi connectivity index (χ0n) is 16.1. The fourth-order valence-corrected chi connectivity index (χ4v) is 4.90. The molecule has 4 atom stereocenters. The standard InChI is InChI=1S/C23H17F3N2O3/c24-23(25,26)15-2-1-3-16(11-15)27-20(29)12-6-8-17(9-7-12)28-21(30)18-13-4-5-14(10-13)19(18)22(28)31/h1-9,11,13-14,18-19H,10H2,(H,27,29)/t13-,14+,18-,19+. The van der Waals surface area contributed by atoms with Crippen LogP contribution in [0.2, 0.25) is 0 Å². The molecule has 5 nitrogen and oxygen atoms in total. The van der Waals surface area contributed by atoms with Gasteiger partial charge in [-0.3, -0.25) is 19.3 Å². The summed E-state index contributed by atoms with van der Waals surface area (Å²) in [5.74, 6) is -1.44. The fourth-order valence-electron chi connectivity index (χ4n) is 4.90. The Morgan fingerprint density at radius 1 is 0.935 bits per heavy atom. The maximum Gasteiger partial charge on any atom is 0.416 e. The molecule has 1 N–H and O–H groups in total. The Labute approximate surface area is 175 Å². The monoisotopic (exact) mass is 426 g/mol. The van der Waals surface area contributed by atoms with Crippen molar-refractivity contribution in [1.29, 1.82) is 0 Å². The number of rotatable bonds is 3. The van der Waals surface area contributed by atoms with Gasteiger partial charge >= 0.3 is 6.18 Å². The second-order valence-electron chi connectivity index (χ2n) is 8.09. The smallest absolute Gasteiger partial charge is 0.322 e. The molecule has 31 heavy (non-hydrogen) atoms. The van der Waals surface area contributed by atoms with E-state index in [0.717, 1.165) is 18.6 Å². The van der Waals surface area contributed by atoms with Crippen molar-refractivity contribution in [3.8, 4) is 0 Å². The van der Waals surface area contributed by atoms with Crippen molar-refractivity contribution in [2.24, 2.45) is 23.7 Å². The second-order valence-corrected chi connectivity index (χ2v) is 8.09. The van der Waals surface area contributed by atoms with E-state index in [1.54, 1.807) is 0 Å². The van der Waals surface area contributed by atoms with E-state index in [2.05, 4.69) is 5.32 Å². The van der Waals surface area contributed by atoms with Crippen molar-refractivity contribution >= 4 is 29.1 Å². The number of nitrogens with one attached hydrogen (secondary N) is 1. The van der Waals surface area contributed by atoms with Crippen LogP contribution < -0.4 is 10.2 Å². The number of benzene rings is 2. The number of imide groups is 1. The van der Waals surface area contributed by atoms with E-state index < -0.39 is 17.6 Å². The first-order valence-corrected chi connectivity index (χ1v) is 9.89. The summed E-state index contributed by atoms with van der Waals surface area (Å²) in [5, 5.41) is 2.43. The summed E-state index contributed by atoms with van der Waals surface area (Å²) in [6.07, 6.45) is 0.364. The summed E-state index contributed by atoms with van der Waals surface area (Å²) in [5.41, 5.74) is -0.257. The van der Waals surface area contributed by atoms with Gasteiger partial charge in [-0.25, -0.2) is 0 Å². The van der Waals surface area contributed by atoms with Crippen LogP contribution in [0.5, 0.6) is 0 Å². The number of hydrogen-bond donors (Lipinski definition) is 1. The van der Waals surface area contributed by atoms with Gasteiger partial charge in [-0.05, 0) is 60.7 Å². The molecule has 1 saturated heterocycles. The van der Waals surface area contributed by atoms with Crippen LogP contribution in [0.15, 0.2) is 60.7 Å². The fraction of sp³-hybridized carbons (Fsp3) is 0.261. The lowest BCUT2D eigenvalue weighted by molar-refractivity contribution is -0.137. The van der Waals surface area contributed by atoms with Crippen molar-refractivity contribution in [2.45, 2.75) is 12.6 Å². The third kappa shape index (κ3) is 3.13. The van der Waals surface area contributed by atoms with Gasteiger partial charge < -0.3 is 5.32 Å². The average molecular weight is 426 g/mol. The summed E-state index contributed by atoms with van der Waals surface area (Å²) >= 11 is 0. The highest BCUT2D eigenvalue weighted by molar-refractivity contribution is 6.23. The van der Waals surface area contributed by atoms with E-state index in [4.69, 9.17) is 0 Å². The summed E-state index contributed by atoms with van der Waals surface area (Å²) in [6, 6.07) is 10.3. The van der Waals surface area contributed by atoms with Crippen molar-refractivity contribution in [3.63, 3.8) is 0 Å². The number of allylic oxidation sites excluding steroid dienone is 2. The highest BCUT2D eigenvalue weighted by atomic mass is 19.4. The minimum atomic E-state index is -4.51. The molecular weight excluding hydrogens is 409 g/mol. The van der Waals surface area contributed by atoms with Gasteiger partial charge in [-0.1, -0.05) is 18.2 Å². The van der Waals surface area contributed by atoms with Crippen LogP contribution in [-0.2, 0) is 15.8 Å². The van der Waals surface area contributed by atoms with Crippen LogP contribution >= 0.6 is 0 Å². The number of carbonyl (C=O) groups is 3. The van der Waals surface area contributed by atoms with Gasteiger partial charge in [0.15, 0.2) is 0 Å². The highest BCUT2D eigenvalue weighted by Gasteiger charge is 2.59. The molecule has 5 rings (SSSR count). The van der Waals surface area contributed by atoms with Crippen LogP contribution in [0.3, 0.4) is 0 Å². The SMILES string of the molecule is O=C(Nc1cccc(C(F)(F)F)c1)c1ccc(N2C(=O)[C@@H]3[C@H](C2=O)[C@@H]2C=C[C@H]3C2)cc1. The lowest BCUT2D eigenvalue weighted by atomic mass is 9.85. The van der Waals surface area contributed by atoms with E-state index in [-0.39, 0.29) is 46.7 Å². The van der Waals surface area contributed by atoms with Crippen molar-refractivity contribution in [3.05, 3.63) is 71.8 Å². The third-order valence-corrected chi connectivity index (χ3v) is 6.31. The Hall–Kier alpha value is -3.42. The number of alkyl halides is 3. The van der Waals surface area contributed by atoms with Gasteiger partial charge in [-0.15, -0.1) is 0 Å². The maximum atomic E-state index is 12.9. The average Bonchev–Trinajstić information content (AvgIpc) is 3.41. The highest BCUT2D eigenvalue weighted by Crippen LogP contribution is 2.53. The Balaban J connectivity index is 1.32. The molecule has 158 valence electrons. The number of nitrogens with zero attached hydrogens (tertiary/aromatic N) is 1. The number of carbonyl (C=O) groups excluding carboxylic acids is 3.